The van der Waals surface area contributed by atoms with Gasteiger partial charge in [0.25, 0.3) is 5.91 Å². The summed E-state index contributed by atoms with van der Waals surface area (Å²) in [5, 5.41) is 7.00. The molecule has 15 nitrogen and oxygen atoms in total. The fourth-order valence-corrected chi connectivity index (χ4v) is 7.92. The van der Waals surface area contributed by atoms with Gasteiger partial charge in [-0.15, -0.1) is 6.58 Å². The van der Waals surface area contributed by atoms with E-state index in [0.29, 0.717) is 24.0 Å². The fraction of sp³-hybridized carbons (Fsp3) is 0.583. The highest BCUT2D eigenvalue weighted by atomic mass is 32.2. The number of hydrogen-bond acceptors (Lipinski definition) is 11. The third-order valence-electron chi connectivity index (χ3n) is 10.1. The molecule has 2 heterocycles. The number of likely N-dealkylation sites (tertiary alicyclic amines) is 1. The minimum atomic E-state index is -4.42. The Bertz CT molecular complexity index is 1840. The summed E-state index contributed by atoms with van der Waals surface area (Å²) < 4.78 is 49.3. The Hall–Kier alpha value is -4.44. The average molecular weight is 742 g/mol. The van der Waals surface area contributed by atoms with Crippen molar-refractivity contribution in [1.29, 1.82) is 0 Å². The lowest BCUT2D eigenvalue weighted by atomic mass is 9.85. The number of alkyl carbamates (subject to hydrolysis) is 1. The van der Waals surface area contributed by atoms with Crippen LogP contribution in [0.15, 0.2) is 43.1 Å². The van der Waals surface area contributed by atoms with Crippen LogP contribution in [-0.4, -0.2) is 91.7 Å². The maximum Gasteiger partial charge on any atom is 0.408 e. The Kier molecular flexibility index (Phi) is 10.4. The van der Waals surface area contributed by atoms with E-state index in [1.165, 1.54) is 11.0 Å². The van der Waals surface area contributed by atoms with Crippen molar-refractivity contribution in [3.05, 3.63) is 43.1 Å². The van der Waals surface area contributed by atoms with E-state index in [-0.39, 0.29) is 31.4 Å². The molecule has 0 bridgehead atoms. The smallest absolute Gasteiger partial charge is 0.408 e. The second kappa shape index (κ2) is 14.5. The van der Waals surface area contributed by atoms with Gasteiger partial charge in [0.05, 0.1) is 19.8 Å². The van der Waals surface area contributed by atoms with Crippen molar-refractivity contribution in [3.63, 3.8) is 0 Å². The summed E-state index contributed by atoms with van der Waals surface area (Å²) in [6, 6.07) is 4.96. The molecular formula is C36H47N5O10S. The highest BCUT2D eigenvalue weighted by molar-refractivity contribution is 7.85. The lowest BCUT2D eigenvalue weighted by Gasteiger charge is -2.35. The fourth-order valence-electron chi connectivity index (χ4n) is 6.92. The van der Waals surface area contributed by atoms with Crippen molar-refractivity contribution in [1.82, 2.24) is 25.2 Å². The molecule has 3 saturated carbocycles. The van der Waals surface area contributed by atoms with Gasteiger partial charge in [0.15, 0.2) is 0 Å². The molecule has 0 spiro atoms. The number of hydrogen-bond donors (Lipinski definition) is 3. The molecule has 1 aromatic carbocycles. The molecule has 52 heavy (non-hydrogen) atoms. The highest BCUT2D eigenvalue weighted by Gasteiger charge is 2.62. The third kappa shape index (κ3) is 8.27. The Morgan fingerprint density at radius 1 is 1.06 bits per heavy atom. The number of methoxy groups -OCH3 is 1. The van der Waals surface area contributed by atoms with Gasteiger partial charge in [0, 0.05) is 23.9 Å². The molecule has 5 atom stereocenters. The van der Waals surface area contributed by atoms with Crippen LogP contribution in [0.25, 0.3) is 10.8 Å². The normalized spacial score (nSPS) is 25.2. The van der Waals surface area contributed by atoms with Crippen molar-refractivity contribution < 1.29 is 46.0 Å². The van der Waals surface area contributed by atoms with Crippen molar-refractivity contribution in [2.45, 2.75) is 108 Å². The molecule has 1 aromatic heterocycles. The van der Waals surface area contributed by atoms with E-state index in [9.17, 15) is 27.6 Å². The molecule has 4 fully saturated rings. The van der Waals surface area contributed by atoms with E-state index < -0.39 is 75.3 Å². The molecule has 3 N–H and O–H groups in total. The summed E-state index contributed by atoms with van der Waals surface area (Å²) >= 11 is 0. The maximum atomic E-state index is 14.5. The topological polar surface area (TPSA) is 192 Å². The van der Waals surface area contributed by atoms with Gasteiger partial charge in [0.1, 0.15) is 35.6 Å². The predicted molar refractivity (Wildman–Crippen MR) is 188 cm³/mol. The van der Waals surface area contributed by atoms with Crippen LogP contribution in [0.2, 0.25) is 0 Å². The summed E-state index contributed by atoms with van der Waals surface area (Å²) in [6.07, 6.45) is 5.52. The largest absolute Gasteiger partial charge is 0.497 e. The van der Waals surface area contributed by atoms with Crippen LogP contribution in [0.5, 0.6) is 11.6 Å². The molecule has 2 aromatic rings. The Morgan fingerprint density at radius 2 is 1.79 bits per heavy atom. The van der Waals surface area contributed by atoms with Gasteiger partial charge in [-0.1, -0.05) is 26.8 Å². The van der Waals surface area contributed by atoms with Crippen LogP contribution in [0.4, 0.5) is 4.79 Å². The Morgan fingerprint density at radius 3 is 2.42 bits per heavy atom. The van der Waals surface area contributed by atoms with Crippen LogP contribution in [0, 0.1) is 11.3 Å². The summed E-state index contributed by atoms with van der Waals surface area (Å²) in [6.45, 7) is 9.08. The van der Waals surface area contributed by atoms with Crippen molar-refractivity contribution >= 4 is 44.9 Å². The van der Waals surface area contributed by atoms with Crippen LogP contribution >= 0.6 is 0 Å². The van der Waals surface area contributed by atoms with Crippen LogP contribution < -0.4 is 24.8 Å². The molecule has 1 aliphatic heterocycles. The molecule has 3 aliphatic carbocycles. The molecule has 4 amide bonds. The van der Waals surface area contributed by atoms with Gasteiger partial charge in [-0.25, -0.2) is 14.5 Å². The summed E-state index contributed by atoms with van der Waals surface area (Å²) in [5.74, 6) is -1.85. The number of ether oxygens (including phenoxy) is 3. The minimum absolute atomic E-state index is 0.00865. The van der Waals surface area contributed by atoms with Crippen LogP contribution in [0.1, 0.15) is 72.1 Å². The van der Waals surface area contributed by atoms with Crippen LogP contribution in [0.3, 0.4) is 0 Å². The Balaban J connectivity index is 1.26. The van der Waals surface area contributed by atoms with E-state index in [1.54, 1.807) is 46.2 Å². The quantitative estimate of drug-likeness (QED) is 0.256. The summed E-state index contributed by atoms with van der Waals surface area (Å²) in [7, 11) is -2.86. The zero-order chi connectivity index (χ0) is 37.4. The van der Waals surface area contributed by atoms with E-state index in [2.05, 4.69) is 22.2 Å². The van der Waals surface area contributed by atoms with Crippen molar-refractivity contribution in [3.8, 4) is 11.6 Å². The first-order chi connectivity index (χ1) is 24.6. The number of benzene rings is 1. The third-order valence-corrected chi connectivity index (χ3v) is 11.0. The number of amides is 4. The SMILES string of the molecule is C=C[C@@H]1C[C@]1(NC(=O)[C@@H]1C[C@@H](Oc2nccc3cc(OC)ccc23)CN1C(=O)[C@@H](NC(=O)OC1CCCC1)C(C)(C)C)C(=O)NS(=O)(=O)OC1CC1. The second-order valence-electron chi connectivity index (χ2n) is 15.1. The first-order valence-electron chi connectivity index (χ1n) is 17.7. The van der Waals surface area contributed by atoms with Gasteiger partial charge in [-0.3, -0.25) is 18.6 Å². The van der Waals surface area contributed by atoms with Gasteiger partial charge in [0.2, 0.25) is 17.7 Å². The van der Waals surface area contributed by atoms with Crippen molar-refractivity contribution in [2.24, 2.45) is 11.3 Å². The van der Waals surface area contributed by atoms with Gasteiger partial charge in [-0.2, -0.15) is 8.42 Å². The zero-order valence-corrected chi connectivity index (χ0v) is 30.7. The van der Waals surface area contributed by atoms with Gasteiger partial charge >= 0.3 is 16.4 Å². The zero-order valence-electron chi connectivity index (χ0n) is 29.9. The minimum Gasteiger partial charge on any atom is -0.497 e. The first-order valence-corrected chi connectivity index (χ1v) is 19.1. The number of carbonyl (C=O) groups is 4. The van der Waals surface area contributed by atoms with E-state index in [4.69, 9.17) is 18.4 Å². The monoisotopic (exact) mass is 741 g/mol. The lowest BCUT2D eigenvalue weighted by molar-refractivity contribution is -0.143. The number of pyridine rings is 1. The van der Waals surface area contributed by atoms with Crippen molar-refractivity contribution in [2.75, 3.05) is 13.7 Å². The molecular weight excluding hydrogens is 694 g/mol. The Labute approximate surface area is 303 Å². The summed E-state index contributed by atoms with van der Waals surface area (Å²) in [4.78, 5) is 61.0. The number of fused-ring (bicyclic) bond motifs is 1. The van der Waals surface area contributed by atoms with Gasteiger partial charge in [-0.05, 0) is 80.0 Å². The predicted octanol–water partition coefficient (Wildman–Crippen LogP) is 3.28. The van der Waals surface area contributed by atoms with Gasteiger partial charge < -0.3 is 29.7 Å². The lowest BCUT2D eigenvalue weighted by Crippen LogP contribution is -2.60. The number of carbonyl (C=O) groups excluding carboxylic acids is 4. The molecule has 6 rings (SSSR count). The number of aromatic nitrogens is 1. The van der Waals surface area contributed by atoms with E-state index in [1.807, 2.05) is 16.9 Å². The standard InChI is InChI=1S/C36H47N5O10S/c1-6-22-19-36(22,33(44)40-52(46,47)51-24-11-12-24)39-30(42)28-18-26(49-31-27-14-13-25(48-5)17-21(27)15-16-37-31)20-41(28)32(43)29(35(2,3)4)38-34(45)50-23-9-7-8-10-23/h6,13-17,22-24,26,28-29H,1,7-12,18-20H2,2-5H3,(H,38,45)(H,39,42)(H,40,44)/t22-,26-,28+,29-,36-/m1/s1. The second-order valence-corrected chi connectivity index (χ2v) is 16.4. The molecule has 4 aliphatic rings. The number of nitrogens with one attached hydrogen (secondary N) is 3. The average Bonchev–Trinajstić information content (AvgIpc) is 3.92. The molecule has 0 unspecified atom stereocenters. The van der Waals surface area contributed by atoms with Crippen LogP contribution in [-0.2, 0) is 33.6 Å². The molecule has 1 saturated heterocycles. The number of nitrogens with zero attached hydrogens (tertiary/aromatic N) is 2. The maximum absolute atomic E-state index is 14.5. The first kappa shape index (κ1) is 37.3. The van der Waals surface area contributed by atoms with E-state index >= 15 is 0 Å². The molecule has 282 valence electrons. The number of rotatable bonds is 13. The molecule has 16 heteroatoms. The molecule has 0 radical (unpaired) electrons. The summed E-state index contributed by atoms with van der Waals surface area (Å²) in [5.41, 5.74) is -2.43. The van der Waals surface area contributed by atoms with E-state index in [0.717, 1.165) is 31.1 Å². The highest BCUT2D eigenvalue weighted by Crippen LogP contribution is 2.45.